The van der Waals surface area contributed by atoms with Gasteiger partial charge in [-0.25, -0.2) is 4.39 Å². The largest absolute Gasteiger partial charge is 0.507 e. The summed E-state index contributed by atoms with van der Waals surface area (Å²) in [4.78, 5) is 28.0. The van der Waals surface area contributed by atoms with Crippen molar-refractivity contribution in [3.8, 4) is 5.75 Å². The molecule has 2 aromatic rings. The first kappa shape index (κ1) is 23.0. The number of carbonyl (C=O) groups excluding carboxylic acids is 2. The summed E-state index contributed by atoms with van der Waals surface area (Å²) < 4.78 is 20.5. The van der Waals surface area contributed by atoms with Gasteiger partial charge in [-0.1, -0.05) is 57.9 Å². The van der Waals surface area contributed by atoms with E-state index in [1.54, 1.807) is 30.3 Å². The first-order valence-electron chi connectivity index (χ1n) is 11.4. The fraction of sp³-hybridized carbons (Fsp3) is 0.407. The number of ether oxygens (including phenoxy) is 1. The van der Waals surface area contributed by atoms with E-state index in [1.165, 1.54) is 18.1 Å². The van der Waals surface area contributed by atoms with Crippen molar-refractivity contribution in [2.24, 2.45) is 0 Å². The molecule has 174 valence electrons. The monoisotopic (exact) mass is 451 g/mol. The van der Waals surface area contributed by atoms with Gasteiger partial charge < -0.3 is 14.7 Å². The predicted octanol–water partition coefficient (Wildman–Crippen LogP) is 5.50. The fourth-order valence-electron chi connectivity index (χ4n) is 4.92. The van der Waals surface area contributed by atoms with Crippen LogP contribution in [0.5, 0.6) is 5.75 Å². The molecule has 1 atom stereocenters. The van der Waals surface area contributed by atoms with Gasteiger partial charge in [0.25, 0.3) is 11.7 Å². The second-order valence-corrected chi connectivity index (χ2v) is 9.83. The first-order chi connectivity index (χ1) is 15.6. The molecule has 0 spiro atoms. The minimum Gasteiger partial charge on any atom is -0.507 e. The number of halogens is 1. The molecule has 6 heteroatoms. The Morgan fingerprint density at radius 1 is 1.09 bits per heavy atom. The maximum Gasteiger partial charge on any atom is 0.295 e. The van der Waals surface area contributed by atoms with Crippen molar-refractivity contribution in [3.05, 3.63) is 70.5 Å². The molecular formula is C27H30FNO4. The van der Waals surface area contributed by atoms with E-state index in [2.05, 4.69) is 0 Å². The summed E-state index contributed by atoms with van der Waals surface area (Å²) in [5, 5.41) is 11.5. The minimum atomic E-state index is -0.989. The number of nitrogens with zero attached hydrogens (tertiary/aromatic N) is 1. The molecule has 1 aliphatic heterocycles. The lowest BCUT2D eigenvalue weighted by atomic mass is 9.85. The molecule has 0 aromatic heterocycles. The van der Waals surface area contributed by atoms with Gasteiger partial charge in [0.05, 0.1) is 24.3 Å². The van der Waals surface area contributed by atoms with E-state index < -0.39 is 23.5 Å². The quantitative estimate of drug-likeness (QED) is 0.379. The van der Waals surface area contributed by atoms with Crippen LogP contribution in [0.15, 0.2) is 48.0 Å². The average molecular weight is 452 g/mol. The van der Waals surface area contributed by atoms with Gasteiger partial charge in [-0.15, -0.1) is 0 Å². The van der Waals surface area contributed by atoms with Crippen molar-refractivity contribution in [2.45, 2.75) is 64.0 Å². The number of likely N-dealkylation sites (tertiary alicyclic amines) is 1. The maximum absolute atomic E-state index is 15.0. The summed E-state index contributed by atoms with van der Waals surface area (Å²) in [6, 6.07) is 10.4. The summed E-state index contributed by atoms with van der Waals surface area (Å²) in [6.07, 6.45) is 3.39. The zero-order valence-electron chi connectivity index (χ0n) is 19.5. The van der Waals surface area contributed by atoms with E-state index in [0.717, 1.165) is 31.2 Å². The van der Waals surface area contributed by atoms with Gasteiger partial charge in [-0.05, 0) is 42.0 Å². The Hall–Kier alpha value is -3.15. The molecule has 1 saturated carbocycles. The van der Waals surface area contributed by atoms with E-state index in [4.69, 9.17) is 4.74 Å². The van der Waals surface area contributed by atoms with Gasteiger partial charge in [0.1, 0.15) is 17.3 Å². The van der Waals surface area contributed by atoms with E-state index in [-0.39, 0.29) is 28.4 Å². The third-order valence-electron chi connectivity index (χ3n) is 6.72. The van der Waals surface area contributed by atoms with Crippen LogP contribution in [-0.2, 0) is 15.0 Å². The number of aliphatic hydroxyl groups is 1. The Morgan fingerprint density at radius 2 is 1.76 bits per heavy atom. The summed E-state index contributed by atoms with van der Waals surface area (Å²) in [6.45, 7) is 6.12. The molecule has 33 heavy (non-hydrogen) atoms. The lowest BCUT2D eigenvalue weighted by Gasteiger charge is -2.31. The predicted molar refractivity (Wildman–Crippen MR) is 124 cm³/mol. The van der Waals surface area contributed by atoms with Crippen LogP contribution in [-0.4, -0.2) is 34.8 Å². The first-order valence-corrected chi connectivity index (χ1v) is 11.4. The zero-order valence-corrected chi connectivity index (χ0v) is 19.5. The molecule has 5 nitrogen and oxygen atoms in total. The maximum atomic E-state index is 15.0. The lowest BCUT2D eigenvalue weighted by molar-refractivity contribution is -0.141. The van der Waals surface area contributed by atoms with Crippen LogP contribution in [0.3, 0.4) is 0 Å². The van der Waals surface area contributed by atoms with Gasteiger partial charge in [0.15, 0.2) is 0 Å². The number of benzene rings is 2. The topological polar surface area (TPSA) is 66.8 Å². The molecule has 0 radical (unpaired) electrons. The standard InChI is InChI=1S/C27H30FNO4/c1-27(2,3)16-13-14-21(33-4)19(15-16)24(30)22-23(18-11-7-8-12-20(18)28)29(26(32)25(22)31)17-9-5-6-10-17/h7-8,11-15,17,23,30H,5-6,9-10H2,1-4H3/b24-22+. The second kappa shape index (κ2) is 8.65. The molecule has 1 heterocycles. The molecule has 1 aliphatic carbocycles. The summed E-state index contributed by atoms with van der Waals surface area (Å²) in [5.74, 6) is -1.97. The van der Waals surface area contributed by atoms with Crippen molar-refractivity contribution >= 4 is 17.4 Å². The van der Waals surface area contributed by atoms with E-state index in [0.29, 0.717) is 11.3 Å². The van der Waals surface area contributed by atoms with Crippen molar-refractivity contribution in [1.82, 2.24) is 4.90 Å². The lowest BCUT2D eigenvalue weighted by Crippen LogP contribution is -2.38. The summed E-state index contributed by atoms with van der Waals surface area (Å²) in [7, 11) is 1.48. The second-order valence-electron chi connectivity index (χ2n) is 9.83. The number of ketones is 1. The van der Waals surface area contributed by atoms with Crippen LogP contribution in [0.25, 0.3) is 5.76 Å². The number of hydrogen-bond donors (Lipinski definition) is 1. The number of hydrogen-bond acceptors (Lipinski definition) is 4. The number of methoxy groups -OCH3 is 1. The number of amides is 1. The Kier molecular flexibility index (Phi) is 6.04. The Labute approximate surface area is 193 Å². The number of rotatable bonds is 4. The van der Waals surface area contributed by atoms with Crippen molar-refractivity contribution in [3.63, 3.8) is 0 Å². The fourth-order valence-corrected chi connectivity index (χ4v) is 4.92. The molecule has 0 bridgehead atoms. The molecule has 1 N–H and O–H groups in total. The number of carbonyl (C=O) groups is 2. The molecule has 2 fully saturated rings. The number of aliphatic hydroxyl groups excluding tert-OH is 1. The van der Waals surface area contributed by atoms with Crippen molar-refractivity contribution in [2.75, 3.05) is 7.11 Å². The van der Waals surface area contributed by atoms with E-state index in [9.17, 15) is 19.1 Å². The highest BCUT2D eigenvalue weighted by atomic mass is 19.1. The third-order valence-corrected chi connectivity index (χ3v) is 6.72. The Bertz CT molecular complexity index is 1130. The molecule has 1 saturated heterocycles. The number of Topliss-reactive ketones (excluding diaryl/α,β-unsaturated/α-hetero) is 1. The average Bonchev–Trinajstić information content (AvgIpc) is 3.39. The molecule has 4 rings (SSSR count). The molecule has 1 unspecified atom stereocenters. The normalized spacial score (nSPS) is 21.1. The molecule has 2 aromatic carbocycles. The SMILES string of the molecule is COc1ccc(C(C)(C)C)cc1/C(O)=C1\C(=O)C(=O)N(C2CCCC2)C1c1ccccc1F. The van der Waals surface area contributed by atoms with Crippen LogP contribution in [0.2, 0.25) is 0 Å². The highest BCUT2D eigenvalue weighted by molar-refractivity contribution is 6.46. The molecule has 2 aliphatic rings. The van der Waals surface area contributed by atoms with Gasteiger partial charge in [0.2, 0.25) is 0 Å². The minimum absolute atomic E-state index is 0.0960. The highest BCUT2D eigenvalue weighted by Crippen LogP contribution is 2.45. The van der Waals surface area contributed by atoms with Gasteiger partial charge in [-0.2, -0.15) is 0 Å². The van der Waals surface area contributed by atoms with Crippen LogP contribution in [0, 0.1) is 5.82 Å². The highest BCUT2D eigenvalue weighted by Gasteiger charge is 2.50. The van der Waals surface area contributed by atoms with Gasteiger partial charge in [0, 0.05) is 11.6 Å². The molecular weight excluding hydrogens is 421 g/mol. The molecule has 1 amide bonds. The third kappa shape index (κ3) is 4.03. The van der Waals surface area contributed by atoms with Crippen LogP contribution in [0.1, 0.15) is 69.2 Å². The zero-order chi connectivity index (χ0) is 23.9. The van der Waals surface area contributed by atoms with Crippen LogP contribution in [0.4, 0.5) is 4.39 Å². The van der Waals surface area contributed by atoms with Crippen molar-refractivity contribution < 1.29 is 23.8 Å². The van der Waals surface area contributed by atoms with Crippen LogP contribution >= 0.6 is 0 Å². The van der Waals surface area contributed by atoms with E-state index >= 15 is 0 Å². The van der Waals surface area contributed by atoms with Crippen LogP contribution < -0.4 is 4.74 Å². The summed E-state index contributed by atoms with van der Waals surface area (Å²) >= 11 is 0. The van der Waals surface area contributed by atoms with Gasteiger partial charge >= 0.3 is 0 Å². The Morgan fingerprint density at radius 3 is 2.36 bits per heavy atom. The Balaban J connectivity index is 1.96. The van der Waals surface area contributed by atoms with Crippen molar-refractivity contribution in [1.29, 1.82) is 0 Å². The smallest absolute Gasteiger partial charge is 0.295 e. The summed E-state index contributed by atoms with van der Waals surface area (Å²) in [5.41, 5.74) is 1.13. The van der Waals surface area contributed by atoms with E-state index in [1.807, 2.05) is 26.8 Å². The van der Waals surface area contributed by atoms with Gasteiger partial charge in [-0.3, -0.25) is 9.59 Å².